The summed E-state index contributed by atoms with van der Waals surface area (Å²) in [4.78, 5) is 23.1. The molecule has 0 aliphatic carbocycles. The zero-order valence-electron chi connectivity index (χ0n) is 20.8. The highest BCUT2D eigenvalue weighted by atomic mass is 79.9. The van der Waals surface area contributed by atoms with E-state index in [0.29, 0.717) is 33.0 Å². The Morgan fingerprint density at radius 3 is 2.37 bits per heavy atom. The molecule has 1 N–H and O–H groups in total. The van der Waals surface area contributed by atoms with E-state index >= 15 is 0 Å². The summed E-state index contributed by atoms with van der Waals surface area (Å²) < 4.78 is 22.4. The number of ether oxygens (including phenoxy) is 4. The lowest BCUT2D eigenvalue weighted by atomic mass is 10.1. The first-order chi connectivity index (χ1) is 18.3. The van der Waals surface area contributed by atoms with Crippen LogP contribution in [0.3, 0.4) is 0 Å². The Hall–Kier alpha value is -4.56. The third-order valence-corrected chi connectivity index (χ3v) is 5.98. The zero-order chi connectivity index (χ0) is 27.7. The van der Waals surface area contributed by atoms with Crippen molar-refractivity contribution in [3.8, 4) is 29.1 Å². The molecule has 0 spiro atoms. The molecule has 3 rings (SSSR count). The Balaban J connectivity index is 1.74. The van der Waals surface area contributed by atoms with Crippen LogP contribution in [0.2, 0.25) is 0 Å². The maximum Gasteiger partial charge on any atom is 0.269 e. The van der Waals surface area contributed by atoms with Gasteiger partial charge in [-0.1, -0.05) is 0 Å². The highest BCUT2D eigenvalue weighted by Gasteiger charge is 2.15. The van der Waals surface area contributed by atoms with Gasteiger partial charge in [0.25, 0.3) is 11.6 Å². The summed E-state index contributed by atoms with van der Waals surface area (Å²) in [5.41, 5.74) is 1.86. The van der Waals surface area contributed by atoms with Crippen molar-refractivity contribution in [2.75, 3.05) is 21.3 Å². The van der Waals surface area contributed by atoms with Crippen LogP contribution < -0.4 is 24.3 Å². The first-order valence-electron chi connectivity index (χ1n) is 11.1. The van der Waals surface area contributed by atoms with Crippen molar-refractivity contribution in [1.29, 1.82) is 5.26 Å². The largest absolute Gasteiger partial charge is 0.497 e. The first-order valence-corrected chi connectivity index (χ1v) is 11.9. The number of hydrogen-bond donors (Lipinski definition) is 1. The fourth-order valence-electron chi connectivity index (χ4n) is 3.42. The molecule has 0 bridgehead atoms. The zero-order valence-corrected chi connectivity index (χ0v) is 22.4. The SMILES string of the molecule is COc1ccc(CNC(=O)/C(C#N)=C/c2cc(Br)c(OCc3ccc([N+](=O)[O-])cc3)c(OC)c2)c(OC)c1. The lowest BCUT2D eigenvalue weighted by Gasteiger charge is -2.14. The van der Waals surface area contributed by atoms with Gasteiger partial charge in [-0.2, -0.15) is 5.26 Å². The maximum atomic E-state index is 12.7. The van der Waals surface area contributed by atoms with Crippen molar-refractivity contribution in [3.05, 3.63) is 91.4 Å². The molecule has 0 aromatic heterocycles. The lowest BCUT2D eigenvalue weighted by Crippen LogP contribution is -2.24. The van der Waals surface area contributed by atoms with E-state index in [-0.39, 0.29) is 24.4 Å². The molecule has 0 aliphatic heterocycles. The van der Waals surface area contributed by atoms with Crippen molar-refractivity contribution in [2.24, 2.45) is 0 Å². The second-order valence-corrected chi connectivity index (χ2v) is 8.63. The monoisotopic (exact) mass is 581 g/mol. The number of methoxy groups -OCH3 is 3. The lowest BCUT2D eigenvalue weighted by molar-refractivity contribution is -0.384. The van der Waals surface area contributed by atoms with Gasteiger partial charge >= 0.3 is 0 Å². The summed E-state index contributed by atoms with van der Waals surface area (Å²) in [6.07, 6.45) is 1.44. The number of rotatable bonds is 11. The summed E-state index contributed by atoms with van der Waals surface area (Å²) >= 11 is 3.45. The van der Waals surface area contributed by atoms with E-state index in [9.17, 15) is 20.2 Å². The molecule has 1 amide bonds. The second-order valence-electron chi connectivity index (χ2n) is 7.78. The number of hydrogen-bond acceptors (Lipinski definition) is 8. The number of nitriles is 1. The molecule has 0 unspecified atom stereocenters. The van der Waals surface area contributed by atoms with Crippen molar-refractivity contribution in [2.45, 2.75) is 13.2 Å². The number of nitro benzene ring substituents is 1. The molecule has 0 saturated carbocycles. The molecule has 0 radical (unpaired) electrons. The topological polar surface area (TPSA) is 133 Å². The number of nitrogens with one attached hydrogen (secondary N) is 1. The van der Waals surface area contributed by atoms with Gasteiger partial charge in [-0.25, -0.2) is 0 Å². The number of carbonyl (C=O) groups excluding carboxylic acids is 1. The fraction of sp³-hybridized carbons (Fsp3) is 0.185. The third kappa shape index (κ3) is 7.02. The van der Waals surface area contributed by atoms with Crippen LogP contribution in [-0.2, 0) is 17.9 Å². The Morgan fingerprint density at radius 1 is 1.05 bits per heavy atom. The van der Waals surface area contributed by atoms with Crippen LogP contribution in [0.5, 0.6) is 23.0 Å². The standard InChI is InChI=1S/C27H24BrN3O7/c1-35-22-9-6-19(24(13-22)36-2)15-30-27(32)20(14-29)10-18-11-23(28)26(25(12-18)37-3)38-16-17-4-7-21(8-5-17)31(33)34/h4-13H,15-16H2,1-3H3,(H,30,32)/b20-10+. The van der Waals surface area contributed by atoms with Gasteiger partial charge in [0.05, 0.1) is 30.7 Å². The number of nitrogens with zero attached hydrogens (tertiary/aromatic N) is 2. The summed E-state index contributed by atoms with van der Waals surface area (Å²) in [6.45, 7) is 0.288. The first kappa shape index (κ1) is 28.0. The van der Waals surface area contributed by atoms with E-state index in [2.05, 4.69) is 21.2 Å². The quantitative estimate of drug-likeness (QED) is 0.142. The van der Waals surface area contributed by atoms with Crippen LogP contribution in [0.15, 0.2) is 64.6 Å². The number of benzene rings is 3. The summed E-state index contributed by atoms with van der Waals surface area (Å²) in [5, 5.41) is 23.2. The predicted molar refractivity (Wildman–Crippen MR) is 143 cm³/mol. The molecule has 3 aromatic carbocycles. The molecule has 10 nitrogen and oxygen atoms in total. The van der Waals surface area contributed by atoms with Gasteiger partial charge in [0.15, 0.2) is 11.5 Å². The van der Waals surface area contributed by atoms with Crippen LogP contribution in [-0.4, -0.2) is 32.2 Å². The number of nitro groups is 1. The minimum atomic E-state index is -0.557. The molecule has 38 heavy (non-hydrogen) atoms. The molecule has 11 heteroatoms. The summed E-state index contributed by atoms with van der Waals surface area (Å²) in [5.74, 6) is 1.38. The molecule has 0 atom stereocenters. The summed E-state index contributed by atoms with van der Waals surface area (Å²) in [6, 6.07) is 16.5. The Kier molecular flexibility index (Phi) is 9.67. The number of amides is 1. The van der Waals surface area contributed by atoms with Gasteiger partial charge in [-0.3, -0.25) is 14.9 Å². The van der Waals surface area contributed by atoms with E-state index in [0.717, 1.165) is 11.1 Å². The molecular weight excluding hydrogens is 558 g/mol. The highest BCUT2D eigenvalue weighted by molar-refractivity contribution is 9.10. The number of halogens is 1. The highest BCUT2D eigenvalue weighted by Crippen LogP contribution is 2.38. The number of non-ortho nitro benzene ring substituents is 1. The molecule has 0 fully saturated rings. The Morgan fingerprint density at radius 2 is 1.76 bits per heavy atom. The van der Waals surface area contributed by atoms with Gasteiger partial charge in [-0.15, -0.1) is 0 Å². The van der Waals surface area contributed by atoms with Crippen molar-refractivity contribution in [1.82, 2.24) is 5.32 Å². The Bertz CT molecular complexity index is 1400. The third-order valence-electron chi connectivity index (χ3n) is 5.39. The molecule has 0 aliphatic rings. The van der Waals surface area contributed by atoms with Crippen LogP contribution in [0.25, 0.3) is 6.08 Å². The van der Waals surface area contributed by atoms with Crippen LogP contribution in [0.1, 0.15) is 16.7 Å². The maximum absolute atomic E-state index is 12.7. The van der Waals surface area contributed by atoms with Crippen molar-refractivity contribution in [3.63, 3.8) is 0 Å². The molecule has 0 heterocycles. The van der Waals surface area contributed by atoms with E-state index in [1.807, 2.05) is 6.07 Å². The average Bonchev–Trinajstić information content (AvgIpc) is 2.93. The Labute approximate surface area is 227 Å². The molecular formula is C27H24BrN3O7. The van der Waals surface area contributed by atoms with Gasteiger partial charge in [0.2, 0.25) is 0 Å². The molecule has 196 valence electrons. The van der Waals surface area contributed by atoms with E-state index in [1.54, 1.807) is 49.6 Å². The smallest absolute Gasteiger partial charge is 0.269 e. The predicted octanol–water partition coefficient (Wildman–Crippen LogP) is 5.19. The minimum absolute atomic E-state index is 0.0101. The fourth-order valence-corrected chi connectivity index (χ4v) is 3.99. The van der Waals surface area contributed by atoms with Gasteiger partial charge < -0.3 is 24.3 Å². The average molecular weight is 582 g/mol. The number of carbonyl (C=O) groups is 1. The van der Waals surface area contributed by atoms with Crippen molar-refractivity contribution < 1.29 is 28.7 Å². The van der Waals surface area contributed by atoms with E-state index in [1.165, 1.54) is 32.4 Å². The van der Waals surface area contributed by atoms with Crippen molar-refractivity contribution >= 4 is 33.6 Å². The molecule has 0 saturated heterocycles. The van der Waals surface area contributed by atoms with E-state index < -0.39 is 10.8 Å². The second kappa shape index (κ2) is 13.1. The minimum Gasteiger partial charge on any atom is -0.497 e. The van der Waals surface area contributed by atoms with E-state index in [4.69, 9.17) is 18.9 Å². The van der Waals surface area contributed by atoms with Gasteiger partial charge in [0.1, 0.15) is 29.7 Å². The van der Waals surface area contributed by atoms with Crippen LogP contribution in [0.4, 0.5) is 5.69 Å². The van der Waals surface area contributed by atoms with Crippen LogP contribution in [0, 0.1) is 21.4 Å². The van der Waals surface area contributed by atoms with Gasteiger partial charge in [-0.05, 0) is 69.5 Å². The summed E-state index contributed by atoms with van der Waals surface area (Å²) in [7, 11) is 4.53. The van der Waals surface area contributed by atoms with Gasteiger partial charge in [0, 0.05) is 30.3 Å². The normalized spacial score (nSPS) is 10.8. The molecule has 3 aromatic rings. The van der Waals surface area contributed by atoms with Crippen LogP contribution >= 0.6 is 15.9 Å².